The summed E-state index contributed by atoms with van der Waals surface area (Å²) < 4.78 is 14.2. The number of hydrogen-bond donors (Lipinski definition) is 1. The fourth-order valence-corrected chi connectivity index (χ4v) is 2.27. The Morgan fingerprint density at radius 3 is 2.67 bits per heavy atom. The second kappa shape index (κ2) is 8.13. The Bertz CT molecular complexity index is 382. The van der Waals surface area contributed by atoms with E-state index in [4.69, 9.17) is 11.6 Å². The summed E-state index contributed by atoms with van der Waals surface area (Å²) in [5.41, 5.74) is 0.708. The van der Waals surface area contributed by atoms with Crippen LogP contribution in [0.15, 0.2) is 16.6 Å². The molecule has 0 saturated heterocycles. The van der Waals surface area contributed by atoms with Crippen LogP contribution in [-0.4, -0.2) is 12.6 Å². The predicted molar refractivity (Wildman–Crippen MR) is 79.8 cm³/mol. The van der Waals surface area contributed by atoms with Crippen LogP contribution < -0.4 is 5.32 Å². The first-order chi connectivity index (χ1) is 8.50. The van der Waals surface area contributed by atoms with Crippen LogP contribution in [0, 0.1) is 5.82 Å². The highest BCUT2D eigenvalue weighted by Crippen LogP contribution is 2.26. The van der Waals surface area contributed by atoms with Crippen LogP contribution in [0.1, 0.15) is 38.7 Å². The topological polar surface area (TPSA) is 12.0 Å². The molecule has 18 heavy (non-hydrogen) atoms. The monoisotopic (exact) mass is 335 g/mol. The summed E-state index contributed by atoms with van der Waals surface area (Å²) >= 11 is 9.18. The van der Waals surface area contributed by atoms with E-state index in [-0.39, 0.29) is 5.82 Å². The molecule has 0 aliphatic carbocycles. The average Bonchev–Trinajstić information content (AvgIpc) is 2.29. The lowest BCUT2D eigenvalue weighted by Gasteiger charge is -2.08. The van der Waals surface area contributed by atoms with Gasteiger partial charge in [0, 0.05) is 10.5 Å². The Balaban J connectivity index is 2.29. The van der Waals surface area contributed by atoms with Gasteiger partial charge in [-0.15, -0.1) is 0 Å². The molecule has 0 amide bonds. The third-order valence-electron chi connectivity index (χ3n) is 2.76. The molecule has 0 aliphatic rings. The van der Waals surface area contributed by atoms with Crippen LogP contribution in [0.25, 0.3) is 0 Å². The Morgan fingerprint density at radius 1 is 1.28 bits per heavy atom. The van der Waals surface area contributed by atoms with Crippen molar-refractivity contribution in [1.82, 2.24) is 5.32 Å². The number of hydrogen-bond acceptors (Lipinski definition) is 1. The molecular formula is C14H20BrClFN. The molecule has 0 atom stereocenters. The number of aryl methyl sites for hydroxylation is 1. The first kappa shape index (κ1) is 15.9. The van der Waals surface area contributed by atoms with Crippen LogP contribution >= 0.6 is 27.5 Å². The molecule has 0 aromatic heterocycles. The highest BCUT2D eigenvalue weighted by Gasteiger charge is 2.06. The third kappa shape index (κ3) is 5.68. The van der Waals surface area contributed by atoms with Gasteiger partial charge in [-0.1, -0.05) is 31.9 Å². The fourth-order valence-electron chi connectivity index (χ4n) is 1.76. The van der Waals surface area contributed by atoms with Gasteiger partial charge in [0.2, 0.25) is 0 Å². The Kier molecular flexibility index (Phi) is 7.20. The highest BCUT2D eigenvalue weighted by atomic mass is 79.9. The Labute approximate surface area is 122 Å². The van der Waals surface area contributed by atoms with Crippen LogP contribution in [0.5, 0.6) is 0 Å². The normalized spacial score (nSPS) is 11.2. The summed E-state index contributed by atoms with van der Waals surface area (Å²) in [7, 11) is 0. The summed E-state index contributed by atoms with van der Waals surface area (Å²) in [6.45, 7) is 5.31. The molecule has 1 nitrogen and oxygen atoms in total. The quantitative estimate of drug-likeness (QED) is 0.548. The summed E-state index contributed by atoms with van der Waals surface area (Å²) in [5.74, 6) is -0.174. The number of halogens is 3. The standard InChI is InChI=1S/C14H20BrClFN/c1-10(2)18-7-5-3-4-6-11-8-13(16)12(15)9-14(11)17/h8-10,18H,3-7H2,1-2H3. The molecule has 0 heterocycles. The SMILES string of the molecule is CC(C)NCCCCCc1cc(Cl)c(Br)cc1F. The van der Waals surface area contributed by atoms with E-state index >= 15 is 0 Å². The second-order valence-corrected chi connectivity index (χ2v) is 6.04. The predicted octanol–water partition coefficient (Wildman–Crippen LogP) is 4.95. The molecular weight excluding hydrogens is 317 g/mol. The lowest BCUT2D eigenvalue weighted by atomic mass is 10.1. The number of benzene rings is 1. The molecule has 0 radical (unpaired) electrons. The molecule has 1 N–H and O–H groups in total. The zero-order chi connectivity index (χ0) is 13.5. The van der Waals surface area contributed by atoms with E-state index in [9.17, 15) is 4.39 Å². The van der Waals surface area contributed by atoms with Gasteiger partial charge in [-0.25, -0.2) is 4.39 Å². The first-order valence-corrected chi connectivity index (χ1v) is 7.54. The maximum absolute atomic E-state index is 13.6. The molecule has 0 bridgehead atoms. The van der Waals surface area contributed by atoms with Crippen molar-refractivity contribution in [3.8, 4) is 0 Å². The van der Waals surface area contributed by atoms with Crippen molar-refractivity contribution in [3.05, 3.63) is 33.0 Å². The lowest BCUT2D eigenvalue weighted by Crippen LogP contribution is -2.23. The van der Waals surface area contributed by atoms with Crippen molar-refractivity contribution in [2.24, 2.45) is 0 Å². The van der Waals surface area contributed by atoms with Crippen molar-refractivity contribution in [3.63, 3.8) is 0 Å². The minimum Gasteiger partial charge on any atom is -0.315 e. The molecule has 0 aliphatic heterocycles. The molecule has 0 unspecified atom stereocenters. The minimum absolute atomic E-state index is 0.174. The van der Waals surface area contributed by atoms with E-state index in [1.54, 1.807) is 6.07 Å². The van der Waals surface area contributed by atoms with E-state index in [1.807, 2.05) is 0 Å². The average molecular weight is 337 g/mol. The molecule has 1 aromatic carbocycles. The number of rotatable bonds is 7. The minimum atomic E-state index is -0.174. The fraction of sp³-hybridized carbons (Fsp3) is 0.571. The second-order valence-electron chi connectivity index (χ2n) is 4.78. The number of nitrogens with one attached hydrogen (secondary N) is 1. The molecule has 1 aromatic rings. The van der Waals surface area contributed by atoms with Gasteiger partial charge in [0.05, 0.1) is 5.02 Å². The molecule has 4 heteroatoms. The highest BCUT2D eigenvalue weighted by molar-refractivity contribution is 9.10. The van der Waals surface area contributed by atoms with Crippen molar-refractivity contribution in [2.45, 2.75) is 45.6 Å². The van der Waals surface area contributed by atoms with E-state index in [0.29, 0.717) is 21.1 Å². The largest absolute Gasteiger partial charge is 0.315 e. The van der Waals surface area contributed by atoms with Gasteiger partial charge in [0.15, 0.2) is 0 Å². The van der Waals surface area contributed by atoms with E-state index in [1.165, 1.54) is 6.07 Å². The summed E-state index contributed by atoms with van der Waals surface area (Å²) in [5, 5.41) is 3.95. The van der Waals surface area contributed by atoms with Crippen molar-refractivity contribution >= 4 is 27.5 Å². The smallest absolute Gasteiger partial charge is 0.127 e. The van der Waals surface area contributed by atoms with Gasteiger partial charge >= 0.3 is 0 Å². The van der Waals surface area contributed by atoms with Gasteiger partial charge in [-0.2, -0.15) is 0 Å². The zero-order valence-corrected chi connectivity index (χ0v) is 13.2. The van der Waals surface area contributed by atoms with Crippen molar-refractivity contribution in [2.75, 3.05) is 6.54 Å². The van der Waals surface area contributed by atoms with Crippen LogP contribution in [-0.2, 0) is 6.42 Å². The van der Waals surface area contributed by atoms with Gasteiger partial charge in [-0.05, 0) is 59.4 Å². The van der Waals surface area contributed by atoms with Crippen LogP contribution in [0.3, 0.4) is 0 Å². The summed E-state index contributed by atoms with van der Waals surface area (Å²) in [4.78, 5) is 0. The van der Waals surface area contributed by atoms with E-state index in [2.05, 4.69) is 35.1 Å². The van der Waals surface area contributed by atoms with Gasteiger partial charge in [0.1, 0.15) is 5.82 Å². The molecule has 1 rings (SSSR count). The molecule has 102 valence electrons. The van der Waals surface area contributed by atoms with E-state index < -0.39 is 0 Å². The first-order valence-electron chi connectivity index (χ1n) is 6.37. The van der Waals surface area contributed by atoms with Crippen LogP contribution in [0.2, 0.25) is 5.02 Å². The van der Waals surface area contributed by atoms with E-state index in [0.717, 1.165) is 32.2 Å². The molecule has 0 fully saturated rings. The maximum atomic E-state index is 13.6. The Morgan fingerprint density at radius 2 is 2.00 bits per heavy atom. The zero-order valence-electron chi connectivity index (χ0n) is 10.9. The number of unbranched alkanes of at least 4 members (excludes halogenated alkanes) is 2. The van der Waals surface area contributed by atoms with Gasteiger partial charge < -0.3 is 5.32 Å². The summed E-state index contributed by atoms with van der Waals surface area (Å²) in [6.07, 6.45) is 3.98. The van der Waals surface area contributed by atoms with Crippen molar-refractivity contribution in [1.29, 1.82) is 0 Å². The van der Waals surface area contributed by atoms with Gasteiger partial charge in [-0.3, -0.25) is 0 Å². The molecule has 0 spiro atoms. The summed E-state index contributed by atoms with van der Waals surface area (Å²) in [6, 6.07) is 3.69. The van der Waals surface area contributed by atoms with Crippen LogP contribution in [0.4, 0.5) is 4.39 Å². The third-order valence-corrected chi connectivity index (χ3v) is 3.96. The lowest BCUT2D eigenvalue weighted by molar-refractivity contribution is 0.543. The molecule has 0 saturated carbocycles. The van der Waals surface area contributed by atoms with Crippen molar-refractivity contribution < 1.29 is 4.39 Å². The maximum Gasteiger partial charge on any atom is 0.127 e. The Hall–Kier alpha value is -0.120. The van der Waals surface area contributed by atoms with Gasteiger partial charge in [0.25, 0.3) is 0 Å².